The van der Waals surface area contributed by atoms with E-state index in [4.69, 9.17) is 10.5 Å². The summed E-state index contributed by atoms with van der Waals surface area (Å²) in [6.45, 7) is 1.87. The van der Waals surface area contributed by atoms with E-state index in [-0.39, 0.29) is 18.9 Å². The van der Waals surface area contributed by atoms with Gasteiger partial charge in [0, 0.05) is 29.8 Å². The Balaban J connectivity index is 1.53. The Morgan fingerprint density at radius 1 is 1.09 bits per heavy atom. The first-order valence-electron chi connectivity index (χ1n) is 11.2. The van der Waals surface area contributed by atoms with Crippen molar-refractivity contribution in [1.29, 1.82) is 0 Å². The van der Waals surface area contributed by atoms with E-state index in [2.05, 4.69) is 25.9 Å². The molecule has 184 valence electrons. The fourth-order valence-corrected chi connectivity index (χ4v) is 3.94. The predicted molar refractivity (Wildman–Crippen MR) is 136 cm³/mol. The first-order valence-corrected chi connectivity index (χ1v) is 12.1. The maximum atomic E-state index is 12.9. The number of amides is 3. The molecule has 1 atom stereocenters. The van der Waals surface area contributed by atoms with Gasteiger partial charge in [-0.1, -0.05) is 18.6 Å². The van der Waals surface area contributed by atoms with Crippen LogP contribution in [0.1, 0.15) is 32.6 Å². The summed E-state index contributed by atoms with van der Waals surface area (Å²) in [5, 5.41) is 10.4. The molecule has 0 bridgehead atoms. The number of nitrogen functional groups attached to an aromatic ring is 1. The van der Waals surface area contributed by atoms with Gasteiger partial charge in [0.2, 0.25) is 11.8 Å². The molecule has 11 heteroatoms. The van der Waals surface area contributed by atoms with Crippen LogP contribution in [0.3, 0.4) is 0 Å². The number of anilines is 3. The molecule has 2 aromatic heterocycles. The van der Waals surface area contributed by atoms with E-state index in [0.717, 1.165) is 5.56 Å². The van der Waals surface area contributed by atoms with Crippen LogP contribution < -0.4 is 21.7 Å². The number of carbonyl (C=O) groups is 3. The molecule has 0 aliphatic carbocycles. The third kappa shape index (κ3) is 8.07. The highest BCUT2D eigenvalue weighted by molar-refractivity contribution is 7.14. The zero-order chi connectivity index (χ0) is 25.0. The van der Waals surface area contributed by atoms with Crippen molar-refractivity contribution in [2.24, 2.45) is 0 Å². The van der Waals surface area contributed by atoms with Gasteiger partial charge < -0.3 is 26.4 Å². The molecule has 3 aromatic rings. The van der Waals surface area contributed by atoms with Crippen LogP contribution in [-0.4, -0.2) is 40.5 Å². The summed E-state index contributed by atoms with van der Waals surface area (Å²) in [5.74, 6) is -0.580. The maximum Gasteiger partial charge on any atom is 0.407 e. The van der Waals surface area contributed by atoms with Crippen LogP contribution in [-0.2, 0) is 14.3 Å². The van der Waals surface area contributed by atoms with Gasteiger partial charge >= 0.3 is 6.09 Å². The summed E-state index contributed by atoms with van der Waals surface area (Å²) in [6.07, 6.45) is 4.29. The summed E-state index contributed by atoms with van der Waals surface area (Å²) < 4.78 is 4.93. The SMILES string of the molecule is CCOC(=O)NC(CCCCC(=O)Nc1ccccc1N)C(=O)Nc1nc(-c2ccncc2)cs1. The van der Waals surface area contributed by atoms with Gasteiger partial charge in [-0.25, -0.2) is 9.78 Å². The van der Waals surface area contributed by atoms with Crippen molar-refractivity contribution in [3.8, 4) is 11.3 Å². The molecule has 0 fully saturated rings. The number of unbranched alkanes of at least 4 members (excludes halogenated alkanes) is 1. The molecule has 3 amide bonds. The van der Waals surface area contributed by atoms with Crippen molar-refractivity contribution in [1.82, 2.24) is 15.3 Å². The molecular formula is C24H28N6O4S. The van der Waals surface area contributed by atoms with Crippen molar-refractivity contribution < 1.29 is 19.1 Å². The zero-order valence-electron chi connectivity index (χ0n) is 19.3. The molecule has 0 saturated heterocycles. The van der Waals surface area contributed by atoms with Crippen molar-refractivity contribution in [2.75, 3.05) is 23.0 Å². The van der Waals surface area contributed by atoms with Crippen LogP contribution >= 0.6 is 11.3 Å². The Kier molecular flexibility index (Phi) is 9.55. The van der Waals surface area contributed by atoms with Crippen LogP contribution in [0.5, 0.6) is 0 Å². The van der Waals surface area contributed by atoms with Gasteiger partial charge in [-0.2, -0.15) is 0 Å². The summed E-state index contributed by atoms with van der Waals surface area (Å²) in [4.78, 5) is 45.5. The lowest BCUT2D eigenvalue weighted by Gasteiger charge is -2.17. The van der Waals surface area contributed by atoms with Crippen molar-refractivity contribution >= 4 is 45.8 Å². The molecule has 0 aliphatic heterocycles. The van der Waals surface area contributed by atoms with E-state index in [0.29, 0.717) is 41.5 Å². The minimum Gasteiger partial charge on any atom is -0.450 e. The third-order valence-corrected chi connectivity index (χ3v) is 5.73. The second kappa shape index (κ2) is 13.0. The highest BCUT2D eigenvalue weighted by Crippen LogP contribution is 2.24. The highest BCUT2D eigenvalue weighted by atomic mass is 32.1. The Labute approximate surface area is 207 Å². The Bertz CT molecular complexity index is 1140. The zero-order valence-corrected chi connectivity index (χ0v) is 20.1. The van der Waals surface area contributed by atoms with Crippen LogP contribution in [0.2, 0.25) is 0 Å². The number of nitrogens with two attached hydrogens (primary N) is 1. The molecule has 10 nitrogen and oxygen atoms in total. The molecule has 1 unspecified atom stereocenters. The van der Waals surface area contributed by atoms with E-state index in [9.17, 15) is 14.4 Å². The largest absolute Gasteiger partial charge is 0.450 e. The minimum absolute atomic E-state index is 0.173. The van der Waals surface area contributed by atoms with Gasteiger partial charge in [0.05, 0.1) is 23.7 Å². The summed E-state index contributed by atoms with van der Waals surface area (Å²) in [7, 11) is 0. The second-order valence-corrected chi connectivity index (χ2v) is 8.42. The number of alkyl carbamates (subject to hydrolysis) is 1. The normalized spacial score (nSPS) is 11.3. The van der Waals surface area contributed by atoms with E-state index in [1.165, 1.54) is 11.3 Å². The number of benzene rings is 1. The maximum absolute atomic E-state index is 12.9. The van der Waals surface area contributed by atoms with Gasteiger partial charge in [0.25, 0.3) is 0 Å². The lowest BCUT2D eigenvalue weighted by molar-refractivity contribution is -0.118. The molecule has 0 saturated carbocycles. The number of nitrogens with one attached hydrogen (secondary N) is 3. The fraction of sp³-hybridized carbons (Fsp3) is 0.292. The minimum atomic E-state index is -0.838. The number of pyridine rings is 1. The lowest BCUT2D eigenvalue weighted by Crippen LogP contribution is -2.44. The Morgan fingerprint density at radius 3 is 2.60 bits per heavy atom. The van der Waals surface area contributed by atoms with Gasteiger partial charge in [0.1, 0.15) is 6.04 Å². The standard InChI is InChI=1S/C24H28N6O4S/c1-2-34-24(33)29-19(9-5-6-10-21(31)27-18-8-4-3-7-17(18)25)22(32)30-23-28-20(15-35-23)16-11-13-26-14-12-16/h3-4,7-8,11-15,19H,2,5-6,9-10,25H2,1H3,(H,27,31)(H,29,33)(H,28,30,32). The molecule has 0 radical (unpaired) electrons. The lowest BCUT2D eigenvalue weighted by atomic mass is 10.1. The molecule has 35 heavy (non-hydrogen) atoms. The fourth-order valence-electron chi connectivity index (χ4n) is 3.22. The summed E-state index contributed by atoms with van der Waals surface area (Å²) in [6, 6.07) is 9.84. The van der Waals surface area contributed by atoms with Gasteiger partial charge in [-0.05, 0) is 44.0 Å². The van der Waals surface area contributed by atoms with E-state index in [1.54, 1.807) is 43.6 Å². The topological polar surface area (TPSA) is 148 Å². The van der Waals surface area contributed by atoms with Crippen LogP contribution in [0.15, 0.2) is 54.2 Å². The summed E-state index contributed by atoms with van der Waals surface area (Å²) in [5.41, 5.74) is 8.50. The van der Waals surface area contributed by atoms with Crippen molar-refractivity contribution in [3.63, 3.8) is 0 Å². The monoisotopic (exact) mass is 496 g/mol. The quantitative estimate of drug-likeness (QED) is 0.231. The average Bonchev–Trinajstić information content (AvgIpc) is 3.31. The van der Waals surface area contributed by atoms with Crippen LogP contribution in [0.25, 0.3) is 11.3 Å². The molecule has 5 N–H and O–H groups in total. The number of carbonyl (C=O) groups excluding carboxylic acids is 3. The second-order valence-electron chi connectivity index (χ2n) is 7.56. The summed E-state index contributed by atoms with van der Waals surface area (Å²) >= 11 is 1.28. The number of rotatable bonds is 11. The van der Waals surface area contributed by atoms with Crippen LogP contribution in [0, 0.1) is 0 Å². The van der Waals surface area contributed by atoms with Gasteiger partial charge in [0.15, 0.2) is 5.13 Å². The first-order chi connectivity index (χ1) is 17.0. The molecule has 1 aromatic carbocycles. The van der Waals surface area contributed by atoms with E-state index < -0.39 is 18.0 Å². The smallest absolute Gasteiger partial charge is 0.407 e. The highest BCUT2D eigenvalue weighted by Gasteiger charge is 2.22. The average molecular weight is 497 g/mol. The van der Waals surface area contributed by atoms with Crippen LogP contribution in [0.4, 0.5) is 21.3 Å². The predicted octanol–water partition coefficient (Wildman–Crippen LogP) is 4.04. The number of ether oxygens (including phenoxy) is 1. The molecule has 3 rings (SSSR count). The van der Waals surface area contributed by atoms with E-state index >= 15 is 0 Å². The van der Waals surface area contributed by atoms with Crippen molar-refractivity contribution in [2.45, 2.75) is 38.6 Å². The number of para-hydroxylation sites is 2. The number of thiazole rings is 1. The molecular weight excluding hydrogens is 468 g/mol. The Hall–Kier alpha value is -3.99. The molecule has 2 heterocycles. The first kappa shape index (κ1) is 25.6. The molecule has 0 aliphatic rings. The number of nitrogens with zero attached hydrogens (tertiary/aromatic N) is 2. The van der Waals surface area contributed by atoms with Gasteiger partial charge in [-0.15, -0.1) is 11.3 Å². The number of hydrogen-bond acceptors (Lipinski definition) is 8. The van der Waals surface area contributed by atoms with Crippen molar-refractivity contribution in [3.05, 3.63) is 54.2 Å². The number of aromatic nitrogens is 2. The number of hydrogen-bond donors (Lipinski definition) is 4. The third-order valence-electron chi connectivity index (χ3n) is 4.98. The van der Waals surface area contributed by atoms with Gasteiger partial charge in [-0.3, -0.25) is 14.6 Å². The van der Waals surface area contributed by atoms with E-state index in [1.807, 2.05) is 17.5 Å². The molecule has 0 spiro atoms. The Morgan fingerprint density at radius 2 is 1.86 bits per heavy atom.